The molecule has 1 unspecified atom stereocenters. The molecule has 2 rings (SSSR count). The first-order valence-electron chi connectivity index (χ1n) is 7.10. The Kier molecular flexibility index (Phi) is 5.45. The van der Waals surface area contributed by atoms with Crippen molar-refractivity contribution in [3.63, 3.8) is 0 Å². The SMILES string of the molecule is CCCC1CCCN(Cc2ccc(Cl)nc2)CC1. The second-order valence-corrected chi connectivity index (χ2v) is 5.74. The van der Waals surface area contributed by atoms with Crippen LogP contribution >= 0.6 is 11.6 Å². The molecule has 18 heavy (non-hydrogen) atoms. The smallest absolute Gasteiger partial charge is 0.129 e. The molecule has 100 valence electrons. The van der Waals surface area contributed by atoms with Gasteiger partial charge in [0, 0.05) is 12.7 Å². The molecule has 1 aromatic rings. The van der Waals surface area contributed by atoms with Gasteiger partial charge in [-0.3, -0.25) is 4.90 Å². The van der Waals surface area contributed by atoms with Crippen LogP contribution in [-0.4, -0.2) is 23.0 Å². The summed E-state index contributed by atoms with van der Waals surface area (Å²) in [6, 6.07) is 3.97. The summed E-state index contributed by atoms with van der Waals surface area (Å²) in [5.74, 6) is 0.948. The van der Waals surface area contributed by atoms with Crippen LogP contribution in [-0.2, 0) is 6.54 Å². The zero-order valence-corrected chi connectivity index (χ0v) is 12.0. The minimum atomic E-state index is 0.581. The Morgan fingerprint density at radius 1 is 1.33 bits per heavy atom. The molecule has 1 aromatic heterocycles. The van der Waals surface area contributed by atoms with Crippen LogP contribution in [0.1, 0.15) is 44.6 Å². The van der Waals surface area contributed by atoms with Crippen molar-refractivity contribution >= 4 is 11.6 Å². The molecular formula is C15H23ClN2. The summed E-state index contributed by atoms with van der Waals surface area (Å²) in [4.78, 5) is 6.71. The van der Waals surface area contributed by atoms with Crippen molar-refractivity contribution in [3.8, 4) is 0 Å². The van der Waals surface area contributed by atoms with Gasteiger partial charge < -0.3 is 0 Å². The second-order valence-electron chi connectivity index (χ2n) is 5.35. The molecule has 2 heterocycles. The predicted octanol–water partition coefficient (Wildman–Crippen LogP) is 4.14. The highest BCUT2D eigenvalue weighted by Gasteiger charge is 2.16. The zero-order chi connectivity index (χ0) is 12.8. The van der Waals surface area contributed by atoms with E-state index in [9.17, 15) is 0 Å². The number of rotatable bonds is 4. The highest BCUT2D eigenvalue weighted by molar-refractivity contribution is 6.29. The first-order chi connectivity index (χ1) is 8.78. The summed E-state index contributed by atoms with van der Waals surface area (Å²) in [5.41, 5.74) is 1.27. The average molecular weight is 267 g/mol. The minimum absolute atomic E-state index is 0.581. The normalized spacial score (nSPS) is 21.8. The van der Waals surface area contributed by atoms with Gasteiger partial charge in [0.2, 0.25) is 0 Å². The summed E-state index contributed by atoms with van der Waals surface area (Å²) >= 11 is 5.81. The van der Waals surface area contributed by atoms with E-state index in [0.29, 0.717) is 5.15 Å². The molecule has 0 N–H and O–H groups in total. The maximum atomic E-state index is 5.81. The van der Waals surface area contributed by atoms with Crippen molar-refractivity contribution in [2.75, 3.05) is 13.1 Å². The van der Waals surface area contributed by atoms with E-state index in [0.717, 1.165) is 12.5 Å². The number of pyridine rings is 1. The monoisotopic (exact) mass is 266 g/mol. The van der Waals surface area contributed by atoms with Gasteiger partial charge in [-0.15, -0.1) is 0 Å². The molecule has 3 heteroatoms. The van der Waals surface area contributed by atoms with Crippen LogP contribution in [0.4, 0.5) is 0 Å². The van der Waals surface area contributed by atoms with E-state index in [1.165, 1.54) is 50.8 Å². The Balaban J connectivity index is 1.84. The van der Waals surface area contributed by atoms with E-state index in [4.69, 9.17) is 11.6 Å². The highest BCUT2D eigenvalue weighted by Crippen LogP contribution is 2.22. The summed E-state index contributed by atoms with van der Waals surface area (Å²) in [6.07, 6.45) is 8.72. The third-order valence-electron chi connectivity index (χ3n) is 3.83. The van der Waals surface area contributed by atoms with E-state index in [1.54, 1.807) is 0 Å². The van der Waals surface area contributed by atoms with Gasteiger partial charge in [-0.05, 0) is 49.9 Å². The van der Waals surface area contributed by atoms with E-state index in [1.807, 2.05) is 12.3 Å². The Morgan fingerprint density at radius 2 is 2.22 bits per heavy atom. The third-order valence-corrected chi connectivity index (χ3v) is 4.06. The molecule has 0 bridgehead atoms. The Morgan fingerprint density at radius 3 is 2.94 bits per heavy atom. The van der Waals surface area contributed by atoms with Crippen LogP contribution in [0.2, 0.25) is 5.15 Å². The van der Waals surface area contributed by atoms with Gasteiger partial charge >= 0.3 is 0 Å². The summed E-state index contributed by atoms with van der Waals surface area (Å²) in [7, 11) is 0. The van der Waals surface area contributed by atoms with Gasteiger partial charge in [-0.1, -0.05) is 37.4 Å². The van der Waals surface area contributed by atoms with Crippen molar-refractivity contribution < 1.29 is 0 Å². The van der Waals surface area contributed by atoms with Crippen LogP contribution in [0.3, 0.4) is 0 Å². The molecule has 0 aliphatic carbocycles. The number of nitrogens with zero attached hydrogens (tertiary/aromatic N) is 2. The van der Waals surface area contributed by atoms with Gasteiger partial charge in [0.25, 0.3) is 0 Å². The minimum Gasteiger partial charge on any atom is -0.299 e. The van der Waals surface area contributed by atoms with Crippen molar-refractivity contribution in [3.05, 3.63) is 29.0 Å². The largest absolute Gasteiger partial charge is 0.299 e. The Labute approximate surface area is 115 Å². The lowest BCUT2D eigenvalue weighted by Gasteiger charge is -2.20. The van der Waals surface area contributed by atoms with Crippen LogP contribution in [0, 0.1) is 5.92 Å². The van der Waals surface area contributed by atoms with E-state index >= 15 is 0 Å². The van der Waals surface area contributed by atoms with Gasteiger partial charge in [-0.2, -0.15) is 0 Å². The van der Waals surface area contributed by atoms with Gasteiger partial charge in [-0.25, -0.2) is 4.98 Å². The van der Waals surface area contributed by atoms with Gasteiger partial charge in [0.1, 0.15) is 5.15 Å². The third kappa shape index (κ3) is 4.25. The van der Waals surface area contributed by atoms with E-state index < -0.39 is 0 Å². The lowest BCUT2D eigenvalue weighted by Crippen LogP contribution is -2.24. The fraction of sp³-hybridized carbons (Fsp3) is 0.667. The summed E-state index contributed by atoms with van der Waals surface area (Å²) < 4.78 is 0. The first kappa shape index (κ1) is 13.8. The quantitative estimate of drug-likeness (QED) is 0.762. The summed E-state index contributed by atoms with van der Waals surface area (Å²) in [5, 5.41) is 0.581. The molecule has 0 amide bonds. The first-order valence-corrected chi connectivity index (χ1v) is 7.48. The van der Waals surface area contributed by atoms with Crippen molar-refractivity contribution in [2.45, 2.75) is 45.6 Å². The zero-order valence-electron chi connectivity index (χ0n) is 11.2. The van der Waals surface area contributed by atoms with Crippen molar-refractivity contribution in [1.82, 2.24) is 9.88 Å². The van der Waals surface area contributed by atoms with Crippen LogP contribution in [0.15, 0.2) is 18.3 Å². The maximum absolute atomic E-state index is 5.81. The highest BCUT2D eigenvalue weighted by atomic mass is 35.5. The lowest BCUT2D eigenvalue weighted by atomic mass is 9.96. The van der Waals surface area contributed by atoms with Crippen LogP contribution in [0.5, 0.6) is 0 Å². The number of halogens is 1. The molecule has 0 aromatic carbocycles. The van der Waals surface area contributed by atoms with Crippen molar-refractivity contribution in [2.24, 2.45) is 5.92 Å². The second kappa shape index (κ2) is 7.10. The number of likely N-dealkylation sites (tertiary alicyclic amines) is 1. The molecular weight excluding hydrogens is 244 g/mol. The topological polar surface area (TPSA) is 16.1 Å². The van der Waals surface area contributed by atoms with E-state index in [-0.39, 0.29) is 0 Å². The molecule has 2 nitrogen and oxygen atoms in total. The molecule has 0 saturated carbocycles. The Hall–Kier alpha value is -0.600. The number of hydrogen-bond donors (Lipinski definition) is 0. The van der Waals surface area contributed by atoms with Gasteiger partial charge in [0.05, 0.1) is 0 Å². The number of aromatic nitrogens is 1. The van der Waals surface area contributed by atoms with Crippen LogP contribution in [0.25, 0.3) is 0 Å². The van der Waals surface area contributed by atoms with Crippen molar-refractivity contribution in [1.29, 1.82) is 0 Å². The Bertz CT molecular complexity index is 350. The summed E-state index contributed by atoms with van der Waals surface area (Å²) in [6.45, 7) is 5.77. The molecule has 1 atom stereocenters. The lowest BCUT2D eigenvalue weighted by molar-refractivity contribution is 0.271. The molecule has 1 aliphatic rings. The predicted molar refractivity (Wildman–Crippen MR) is 76.8 cm³/mol. The fourth-order valence-electron chi connectivity index (χ4n) is 2.84. The fourth-order valence-corrected chi connectivity index (χ4v) is 2.95. The molecule has 1 fully saturated rings. The molecule has 1 aliphatic heterocycles. The molecule has 0 radical (unpaired) electrons. The van der Waals surface area contributed by atoms with Gasteiger partial charge in [0.15, 0.2) is 0 Å². The molecule has 0 spiro atoms. The maximum Gasteiger partial charge on any atom is 0.129 e. The van der Waals surface area contributed by atoms with E-state index in [2.05, 4.69) is 22.9 Å². The molecule has 1 saturated heterocycles. The average Bonchev–Trinajstić information content (AvgIpc) is 2.59. The number of hydrogen-bond acceptors (Lipinski definition) is 2. The standard InChI is InChI=1S/C15H23ClN2/c1-2-4-13-5-3-9-18(10-8-13)12-14-6-7-15(16)17-11-14/h6-7,11,13H,2-5,8-10,12H2,1H3. The van der Waals surface area contributed by atoms with Crippen LogP contribution < -0.4 is 0 Å².